The van der Waals surface area contributed by atoms with Crippen molar-refractivity contribution in [2.75, 3.05) is 26.2 Å². The molecule has 0 saturated carbocycles. The van der Waals surface area contributed by atoms with E-state index in [0.29, 0.717) is 31.5 Å². The van der Waals surface area contributed by atoms with Gasteiger partial charge >= 0.3 is 5.97 Å². The van der Waals surface area contributed by atoms with Crippen LogP contribution in [0, 0.1) is 0 Å². The maximum absolute atomic E-state index is 14.8. The van der Waals surface area contributed by atoms with E-state index in [-0.39, 0.29) is 12.2 Å². The van der Waals surface area contributed by atoms with Gasteiger partial charge < -0.3 is 10.8 Å². The van der Waals surface area contributed by atoms with Crippen LogP contribution in [0.3, 0.4) is 0 Å². The lowest BCUT2D eigenvalue weighted by atomic mass is 9.84. The predicted molar refractivity (Wildman–Crippen MR) is 105 cm³/mol. The number of likely N-dealkylation sites (tertiary alicyclic amines) is 2. The van der Waals surface area contributed by atoms with Crippen molar-refractivity contribution in [1.82, 2.24) is 9.80 Å². The summed E-state index contributed by atoms with van der Waals surface area (Å²) in [7, 11) is 0. The molecule has 0 amide bonds. The van der Waals surface area contributed by atoms with E-state index in [9.17, 15) is 19.1 Å². The summed E-state index contributed by atoms with van der Waals surface area (Å²) >= 11 is 0. The Morgan fingerprint density at radius 1 is 1.07 bits per heavy atom. The third kappa shape index (κ3) is 4.42. The summed E-state index contributed by atoms with van der Waals surface area (Å²) < 4.78 is 14.8. The molecule has 28 heavy (non-hydrogen) atoms. The predicted octanol–water partition coefficient (Wildman–Crippen LogP) is 2.29. The first kappa shape index (κ1) is 20.9. The fourth-order valence-electron chi connectivity index (χ4n) is 4.44. The summed E-state index contributed by atoms with van der Waals surface area (Å²) in [5.74, 6) is -1.08. The molecule has 2 atom stereocenters. The van der Waals surface area contributed by atoms with Gasteiger partial charge in [0.05, 0.1) is 6.04 Å². The number of aliphatic carboxylic acids is 1. The number of ketones is 1. The third-order valence-corrected chi connectivity index (χ3v) is 6.22. The molecule has 0 aliphatic carbocycles. The highest BCUT2D eigenvalue weighted by molar-refractivity contribution is 5.99. The minimum absolute atomic E-state index is 0.0858. The molecule has 0 radical (unpaired) electrons. The largest absolute Gasteiger partial charge is 0.480 e. The molecule has 3 N–H and O–H groups in total. The fourth-order valence-corrected chi connectivity index (χ4v) is 4.44. The van der Waals surface area contributed by atoms with Crippen LogP contribution in [-0.2, 0) is 4.79 Å². The van der Waals surface area contributed by atoms with E-state index in [2.05, 4.69) is 4.90 Å². The van der Waals surface area contributed by atoms with Gasteiger partial charge in [0, 0.05) is 25.1 Å². The molecule has 2 unspecified atom stereocenters. The normalized spacial score (nSPS) is 23.1. The molecule has 7 heteroatoms. The zero-order valence-electron chi connectivity index (χ0n) is 16.2. The summed E-state index contributed by atoms with van der Waals surface area (Å²) in [4.78, 5) is 28.1. The Kier molecular flexibility index (Phi) is 6.80. The first-order valence-electron chi connectivity index (χ1n) is 10.2. The van der Waals surface area contributed by atoms with E-state index in [1.807, 2.05) is 6.07 Å². The maximum Gasteiger partial charge on any atom is 0.324 e. The highest BCUT2D eigenvalue weighted by Crippen LogP contribution is 2.33. The Bertz CT molecular complexity index is 671. The zero-order chi connectivity index (χ0) is 20.1. The summed E-state index contributed by atoms with van der Waals surface area (Å²) in [5.41, 5.74) is 5.55. The van der Waals surface area contributed by atoms with E-state index < -0.39 is 23.8 Å². The van der Waals surface area contributed by atoms with Crippen molar-refractivity contribution >= 4 is 11.8 Å². The summed E-state index contributed by atoms with van der Waals surface area (Å²) in [6.45, 7) is 2.30. The lowest BCUT2D eigenvalue weighted by Gasteiger charge is -2.47. The topological polar surface area (TPSA) is 86.9 Å². The molecule has 3 rings (SSSR count). The van der Waals surface area contributed by atoms with Gasteiger partial charge in [0.1, 0.15) is 5.54 Å². The van der Waals surface area contributed by atoms with Gasteiger partial charge in [-0.25, -0.2) is 4.39 Å². The van der Waals surface area contributed by atoms with Crippen molar-refractivity contribution in [2.24, 2.45) is 5.73 Å². The summed E-state index contributed by atoms with van der Waals surface area (Å²) in [6, 6.07) is 7.76. The molecular weight excluding hydrogens is 361 g/mol. The van der Waals surface area contributed by atoms with Crippen molar-refractivity contribution in [2.45, 2.75) is 56.4 Å². The molecule has 2 saturated heterocycles. The number of carbonyl (C=O) groups is 2. The molecule has 2 fully saturated rings. The number of carbonyl (C=O) groups excluding carboxylic acids is 1. The standard InChI is InChI=1S/C21H30FN3O3/c22-18(15-17(23)19(26)16-7-3-1-4-8-16)24-13-9-21(10-14-24,20(27)28)25-11-5-2-6-12-25/h1,3-4,7-8,17-18H,2,5-6,9-15,23H2,(H,27,28). The number of alkyl halides is 1. The number of Topliss-reactive ketones (excluding diaryl/α,β-unsaturated/α-hetero) is 1. The number of nitrogens with two attached hydrogens (primary N) is 1. The van der Waals surface area contributed by atoms with Crippen molar-refractivity contribution < 1.29 is 19.1 Å². The van der Waals surface area contributed by atoms with E-state index in [1.165, 1.54) is 0 Å². The quantitative estimate of drug-likeness (QED) is 0.548. The molecule has 2 aliphatic heterocycles. The second kappa shape index (κ2) is 9.11. The van der Waals surface area contributed by atoms with Crippen LogP contribution in [0.15, 0.2) is 30.3 Å². The van der Waals surface area contributed by atoms with E-state index in [0.717, 1.165) is 32.4 Å². The van der Waals surface area contributed by atoms with Gasteiger partial charge in [-0.2, -0.15) is 0 Å². The first-order valence-corrected chi connectivity index (χ1v) is 10.2. The van der Waals surface area contributed by atoms with Crippen LogP contribution in [0.5, 0.6) is 0 Å². The Balaban J connectivity index is 1.57. The monoisotopic (exact) mass is 391 g/mol. The van der Waals surface area contributed by atoms with Crippen LogP contribution in [0.4, 0.5) is 4.39 Å². The number of halogens is 1. The molecule has 0 bridgehead atoms. The van der Waals surface area contributed by atoms with Crippen LogP contribution in [-0.4, -0.2) is 70.7 Å². The van der Waals surface area contributed by atoms with Gasteiger partial charge in [-0.15, -0.1) is 0 Å². The average molecular weight is 391 g/mol. The number of benzene rings is 1. The maximum atomic E-state index is 14.8. The molecular formula is C21H30FN3O3. The summed E-state index contributed by atoms with van der Waals surface area (Å²) in [5, 5.41) is 9.89. The van der Waals surface area contributed by atoms with E-state index in [4.69, 9.17) is 5.73 Å². The van der Waals surface area contributed by atoms with Gasteiger partial charge in [0.25, 0.3) is 0 Å². The molecule has 2 heterocycles. The van der Waals surface area contributed by atoms with Crippen LogP contribution in [0.2, 0.25) is 0 Å². The fraction of sp³-hybridized carbons (Fsp3) is 0.619. The van der Waals surface area contributed by atoms with Crippen LogP contribution >= 0.6 is 0 Å². The smallest absolute Gasteiger partial charge is 0.324 e. The average Bonchev–Trinajstić information content (AvgIpc) is 2.74. The molecule has 0 aromatic heterocycles. The number of rotatable bonds is 7. The van der Waals surface area contributed by atoms with E-state index >= 15 is 0 Å². The van der Waals surface area contributed by atoms with Crippen LogP contribution in [0.25, 0.3) is 0 Å². The second-order valence-electron chi connectivity index (χ2n) is 7.93. The Hall–Kier alpha value is -1.83. The van der Waals surface area contributed by atoms with Crippen molar-refractivity contribution in [1.29, 1.82) is 0 Å². The highest BCUT2D eigenvalue weighted by atomic mass is 19.1. The Morgan fingerprint density at radius 2 is 1.68 bits per heavy atom. The summed E-state index contributed by atoms with van der Waals surface area (Å²) in [6.07, 6.45) is 2.52. The second-order valence-corrected chi connectivity index (χ2v) is 7.93. The third-order valence-electron chi connectivity index (χ3n) is 6.22. The molecule has 6 nitrogen and oxygen atoms in total. The zero-order valence-corrected chi connectivity index (χ0v) is 16.2. The molecule has 154 valence electrons. The van der Waals surface area contributed by atoms with Crippen molar-refractivity contribution in [3.05, 3.63) is 35.9 Å². The molecule has 0 spiro atoms. The number of carboxylic acids is 1. The Morgan fingerprint density at radius 3 is 2.25 bits per heavy atom. The number of piperidine rings is 2. The molecule has 1 aromatic carbocycles. The number of hydrogen-bond donors (Lipinski definition) is 2. The number of nitrogens with zero attached hydrogens (tertiary/aromatic N) is 2. The van der Waals surface area contributed by atoms with E-state index in [1.54, 1.807) is 29.2 Å². The van der Waals surface area contributed by atoms with Gasteiger partial charge in [-0.05, 0) is 38.8 Å². The van der Waals surface area contributed by atoms with Gasteiger partial charge in [0.2, 0.25) is 0 Å². The lowest BCUT2D eigenvalue weighted by Crippen LogP contribution is -2.62. The van der Waals surface area contributed by atoms with Gasteiger partial charge in [-0.1, -0.05) is 36.8 Å². The highest BCUT2D eigenvalue weighted by Gasteiger charge is 2.47. The molecule has 1 aromatic rings. The van der Waals surface area contributed by atoms with Crippen molar-refractivity contribution in [3.8, 4) is 0 Å². The number of carboxylic acid groups (broad SMARTS) is 1. The Labute approximate surface area is 165 Å². The minimum atomic E-state index is -1.35. The SMILES string of the molecule is NC(CC(F)N1CCC(C(=O)O)(N2CCCCC2)CC1)C(=O)c1ccccc1. The van der Waals surface area contributed by atoms with Crippen molar-refractivity contribution in [3.63, 3.8) is 0 Å². The lowest BCUT2D eigenvalue weighted by molar-refractivity contribution is -0.158. The first-order chi connectivity index (χ1) is 13.4. The number of hydrogen-bond acceptors (Lipinski definition) is 5. The van der Waals surface area contributed by atoms with Gasteiger partial charge in [0.15, 0.2) is 12.1 Å². The minimum Gasteiger partial charge on any atom is -0.480 e. The van der Waals surface area contributed by atoms with Crippen LogP contribution < -0.4 is 5.73 Å². The molecule has 2 aliphatic rings. The van der Waals surface area contributed by atoms with Gasteiger partial charge in [-0.3, -0.25) is 19.4 Å². The van der Waals surface area contributed by atoms with Crippen LogP contribution in [0.1, 0.15) is 48.9 Å².